The molecule has 0 radical (unpaired) electrons. The normalized spacial score (nSPS) is 44.1. The zero-order chi connectivity index (χ0) is 10.4. The minimum absolute atomic E-state index is 0.0952. The van der Waals surface area contributed by atoms with Gasteiger partial charge < -0.3 is 4.74 Å². The van der Waals surface area contributed by atoms with Crippen LogP contribution in [0.15, 0.2) is 12.2 Å². The van der Waals surface area contributed by atoms with Crippen molar-refractivity contribution in [3.05, 3.63) is 12.2 Å². The first-order valence-corrected chi connectivity index (χ1v) is 6.11. The highest BCUT2D eigenvalue weighted by atomic mass is 16.5. The number of cyclic esters (lactones) is 1. The Labute approximate surface area is 90.7 Å². The van der Waals surface area contributed by atoms with Gasteiger partial charge in [-0.15, -0.1) is 0 Å². The Balaban J connectivity index is 2.07. The third-order valence-corrected chi connectivity index (χ3v) is 4.87. The van der Waals surface area contributed by atoms with Gasteiger partial charge in [-0.25, -0.2) is 0 Å². The number of rotatable bonds is 0. The van der Waals surface area contributed by atoms with E-state index in [2.05, 4.69) is 12.2 Å². The van der Waals surface area contributed by atoms with Crippen molar-refractivity contribution in [3.8, 4) is 0 Å². The lowest BCUT2D eigenvalue weighted by Crippen LogP contribution is -2.55. The van der Waals surface area contributed by atoms with Gasteiger partial charge in [0, 0.05) is 0 Å². The maximum Gasteiger partial charge on any atom is 0.312 e. The van der Waals surface area contributed by atoms with E-state index in [1.165, 1.54) is 19.3 Å². The highest BCUT2D eigenvalue weighted by molar-refractivity contribution is 5.79. The second kappa shape index (κ2) is 3.10. The van der Waals surface area contributed by atoms with Crippen molar-refractivity contribution in [2.45, 2.75) is 44.9 Å². The van der Waals surface area contributed by atoms with E-state index in [1.807, 2.05) is 0 Å². The first-order chi connectivity index (χ1) is 7.29. The van der Waals surface area contributed by atoms with Crippen molar-refractivity contribution >= 4 is 5.97 Å². The van der Waals surface area contributed by atoms with Crippen LogP contribution >= 0.6 is 0 Å². The number of allylic oxidation sites excluding steroid dienone is 2. The number of hydrogen-bond donors (Lipinski definition) is 0. The van der Waals surface area contributed by atoms with Crippen LogP contribution in [-0.4, -0.2) is 12.6 Å². The first kappa shape index (κ1) is 9.44. The Kier molecular flexibility index (Phi) is 1.95. The fourth-order valence-electron chi connectivity index (χ4n) is 3.95. The van der Waals surface area contributed by atoms with Crippen molar-refractivity contribution in [2.75, 3.05) is 6.61 Å². The molecule has 1 heterocycles. The van der Waals surface area contributed by atoms with E-state index >= 15 is 0 Å². The predicted octanol–water partition coefficient (Wildman–Crippen LogP) is 2.83. The molecule has 0 aromatic carbocycles. The van der Waals surface area contributed by atoms with Gasteiger partial charge >= 0.3 is 5.97 Å². The van der Waals surface area contributed by atoms with Crippen molar-refractivity contribution in [1.29, 1.82) is 0 Å². The van der Waals surface area contributed by atoms with Crippen LogP contribution in [-0.2, 0) is 9.53 Å². The van der Waals surface area contributed by atoms with Gasteiger partial charge in [0.1, 0.15) is 0 Å². The predicted molar refractivity (Wildman–Crippen MR) is 57.3 cm³/mol. The monoisotopic (exact) mass is 206 g/mol. The van der Waals surface area contributed by atoms with Gasteiger partial charge in [0.25, 0.3) is 0 Å². The summed E-state index contributed by atoms with van der Waals surface area (Å²) in [6, 6.07) is 0. The minimum Gasteiger partial charge on any atom is -0.465 e. The number of carbonyl (C=O) groups is 1. The van der Waals surface area contributed by atoms with Crippen LogP contribution in [0.3, 0.4) is 0 Å². The second-order valence-corrected chi connectivity index (χ2v) is 5.34. The Hall–Kier alpha value is -0.790. The molecule has 0 N–H and O–H groups in total. The fourth-order valence-corrected chi connectivity index (χ4v) is 3.95. The molecule has 2 atom stereocenters. The van der Waals surface area contributed by atoms with Crippen LogP contribution in [0.2, 0.25) is 0 Å². The zero-order valence-electron chi connectivity index (χ0n) is 9.13. The maximum atomic E-state index is 12.1. The lowest BCUT2D eigenvalue weighted by atomic mass is 9.49. The number of ether oxygens (including phenoxy) is 1. The Morgan fingerprint density at radius 1 is 1.07 bits per heavy atom. The molecule has 2 heteroatoms. The molecule has 0 bridgehead atoms. The highest BCUT2D eigenvalue weighted by Gasteiger charge is 2.59. The van der Waals surface area contributed by atoms with Gasteiger partial charge in [-0.05, 0) is 37.5 Å². The van der Waals surface area contributed by atoms with E-state index in [1.54, 1.807) is 0 Å². The first-order valence-electron chi connectivity index (χ1n) is 6.11. The van der Waals surface area contributed by atoms with Crippen molar-refractivity contribution in [2.24, 2.45) is 10.8 Å². The van der Waals surface area contributed by atoms with Crippen LogP contribution in [0.25, 0.3) is 0 Å². The molecule has 0 amide bonds. The smallest absolute Gasteiger partial charge is 0.312 e. The molecule has 0 aromatic rings. The molecule has 1 saturated heterocycles. The second-order valence-electron chi connectivity index (χ2n) is 5.34. The van der Waals surface area contributed by atoms with Crippen LogP contribution in [0, 0.1) is 10.8 Å². The van der Waals surface area contributed by atoms with E-state index in [9.17, 15) is 4.79 Å². The Morgan fingerprint density at radius 3 is 2.73 bits per heavy atom. The molecule has 3 aliphatic rings. The van der Waals surface area contributed by atoms with E-state index < -0.39 is 0 Å². The maximum absolute atomic E-state index is 12.1. The van der Waals surface area contributed by atoms with E-state index in [0.717, 1.165) is 25.7 Å². The average Bonchev–Trinajstić information content (AvgIpc) is 2.28. The number of esters is 1. The summed E-state index contributed by atoms with van der Waals surface area (Å²) in [6.45, 7) is 0.647. The molecule has 1 saturated carbocycles. The summed E-state index contributed by atoms with van der Waals surface area (Å²) in [4.78, 5) is 12.1. The Morgan fingerprint density at radius 2 is 1.87 bits per heavy atom. The Bertz CT molecular complexity index is 316. The summed E-state index contributed by atoms with van der Waals surface area (Å²) in [5.74, 6) is 0.0952. The number of hydrogen-bond acceptors (Lipinski definition) is 2. The van der Waals surface area contributed by atoms with Gasteiger partial charge in [-0.3, -0.25) is 4.79 Å². The molecule has 0 aromatic heterocycles. The van der Waals surface area contributed by atoms with E-state index in [0.29, 0.717) is 6.61 Å². The highest BCUT2D eigenvalue weighted by Crippen LogP contribution is 2.61. The summed E-state index contributed by atoms with van der Waals surface area (Å²) < 4.78 is 5.33. The van der Waals surface area contributed by atoms with E-state index in [-0.39, 0.29) is 16.8 Å². The molecule has 2 nitrogen and oxygen atoms in total. The average molecular weight is 206 g/mol. The van der Waals surface area contributed by atoms with Crippen LogP contribution < -0.4 is 0 Å². The summed E-state index contributed by atoms with van der Waals surface area (Å²) >= 11 is 0. The van der Waals surface area contributed by atoms with E-state index in [4.69, 9.17) is 4.74 Å². The van der Waals surface area contributed by atoms with Gasteiger partial charge in [0.05, 0.1) is 12.0 Å². The SMILES string of the molecule is O=C1OCC[C@@]23CC=CC[C@@]12CCCC3. The largest absolute Gasteiger partial charge is 0.465 e. The molecule has 2 aliphatic carbocycles. The van der Waals surface area contributed by atoms with Crippen LogP contribution in [0.1, 0.15) is 44.9 Å². The lowest BCUT2D eigenvalue weighted by Gasteiger charge is -2.55. The topological polar surface area (TPSA) is 26.3 Å². The fraction of sp³-hybridized carbons (Fsp3) is 0.769. The molecule has 0 unspecified atom stereocenters. The lowest BCUT2D eigenvalue weighted by molar-refractivity contribution is -0.186. The van der Waals surface area contributed by atoms with Gasteiger partial charge in [0.2, 0.25) is 0 Å². The number of carbonyl (C=O) groups excluding carboxylic acids is 1. The van der Waals surface area contributed by atoms with Gasteiger partial charge in [0.15, 0.2) is 0 Å². The quantitative estimate of drug-likeness (QED) is 0.450. The van der Waals surface area contributed by atoms with Crippen molar-refractivity contribution in [3.63, 3.8) is 0 Å². The molecule has 0 spiro atoms. The molecular weight excluding hydrogens is 188 g/mol. The van der Waals surface area contributed by atoms with Gasteiger partial charge in [-0.2, -0.15) is 0 Å². The van der Waals surface area contributed by atoms with Crippen molar-refractivity contribution < 1.29 is 9.53 Å². The standard InChI is InChI=1S/C13H18O2/c14-11-13-7-3-1-5-12(13,9-10-15-11)6-2-4-8-13/h1,3H,2,4-10H2/t12-,13+/m0/s1. The summed E-state index contributed by atoms with van der Waals surface area (Å²) in [6.07, 6.45) is 12.4. The third-order valence-electron chi connectivity index (χ3n) is 4.87. The minimum atomic E-state index is -0.141. The zero-order valence-corrected chi connectivity index (χ0v) is 9.13. The summed E-state index contributed by atoms with van der Waals surface area (Å²) in [5, 5.41) is 0. The third kappa shape index (κ3) is 1.08. The van der Waals surface area contributed by atoms with Crippen LogP contribution in [0.5, 0.6) is 0 Å². The van der Waals surface area contributed by atoms with Gasteiger partial charge in [-0.1, -0.05) is 25.0 Å². The summed E-state index contributed by atoms with van der Waals surface area (Å²) in [5.41, 5.74) is 0.119. The molecule has 82 valence electrons. The summed E-state index contributed by atoms with van der Waals surface area (Å²) in [7, 11) is 0. The molecule has 15 heavy (non-hydrogen) atoms. The molecule has 3 rings (SSSR count). The molecule has 1 aliphatic heterocycles. The molecular formula is C13H18O2. The molecule has 2 fully saturated rings. The van der Waals surface area contributed by atoms with Crippen molar-refractivity contribution in [1.82, 2.24) is 0 Å². The van der Waals surface area contributed by atoms with Crippen LogP contribution in [0.4, 0.5) is 0 Å².